The molecule has 0 saturated heterocycles. The maximum Gasteiger partial charge on any atom is 0.255 e. The van der Waals surface area contributed by atoms with Gasteiger partial charge in [-0.25, -0.2) is 4.98 Å². The monoisotopic (exact) mass is 273 g/mol. The van der Waals surface area contributed by atoms with Gasteiger partial charge >= 0.3 is 0 Å². The Morgan fingerprint density at radius 2 is 2.50 bits per heavy atom. The Morgan fingerprint density at radius 1 is 1.79 bits per heavy atom. The molecule has 1 heterocycles. The molecule has 1 amide bonds. The van der Waals surface area contributed by atoms with Gasteiger partial charge in [0.15, 0.2) is 0 Å². The molecule has 0 spiro atoms. The second-order valence-electron chi connectivity index (χ2n) is 2.33. The van der Waals surface area contributed by atoms with E-state index in [1.807, 2.05) is 0 Å². The average Bonchev–Trinajstić information content (AvgIpc) is 2.18. The van der Waals surface area contributed by atoms with Crippen LogP contribution in [0.5, 0.6) is 0 Å². The van der Waals surface area contributed by atoms with Crippen molar-refractivity contribution in [1.29, 1.82) is 5.26 Å². The summed E-state index contributed by atoms with van der Waals surface area (Å²) in [6.45, 7) is -0.0539. The van der Waals surface area contributed by atoms with Gasteiger partial charge in [-0.3, -0.25) is 4.79 Å². The summed E-state index contributed by atoms with van der Waals surface area (Å²) in [5.74, 6) is -0.412. The molecule has 6 heteroatoms. The lowest BCUT2D eigenvalue weighted by Gasteiger charge is -2.02. The van der Waals surface area contributed by atoms with Crippen molar-refractivity contribution in [3.63, 3.8) is 0 Å². The van der Waals surface area contributed by atoms with E-state index in [-0.39, 0.29) is 17.3 Å². The number of rotatable bonds is 2. The van der Waals surface area contributed by atoms with Crippen LogP contribution in [0.2, 0.25) is 5.15 Å². The second kappa shape index (κ2) is 4.94. The van der Waals surface area contributed by atoms with E-state index in [1.165, 1.54) is 6.20 Å². The van der Waals surface area contributed by atoms with Gasteiger partial charge in [0.25, 0.3) is 5.91 Å². The Labute approximate surface area is 94.0 Å². The molecule has 72 valence electrons. The zero-order valence-electron chi connectivity index (χ0n) is 6.92. The van der Waals surface area contributed by atoms with Gasteiger partial charge in [0.2, 0.25) is 0 Å². The third-order valence-electron chi connectivity index (χ3n) is 1.38. The van der Waals surface area contributed by atoms with Crippen molar-refractivity contribution in [3.05, 3.63) is 27.5 Å². The van der Waals surface area contributed by atoms with Crippen molar-refractivity contribution in [2.45, 2.75) is 0 Å². The summed E-state index contributed by atoms with van der Waals surface area (Å²) < 4.78 is 0.656. The summed E-state index contributed by atoms with van der Waals surface area (Å²) in [5, 5.41) is 10.7. The summed E-state index contributed by atoms with van der Waals surface area (Å²) >= 11 is 8.86. The first kappa shape index (κ1) is 11.0. The smallest absolute Gasteiger partial charge is 0.255 e. The number of halogens is 2. The van der Waals surface area contributed by atoms with Gasteiger partial charge in [-0.05, 0) is 22.0 Å². The standard InChI is InChI=1S/C8H5BrClN3O/c9-5-3-6(7(10)13-4-5)8(14)12-2-1-11/h3-4H,2H2,(H,12,14). The maximum absolute atomic E-state index is 11.4. The first-order valence-corrected chi connectivity index (χ1v) is 4.78. The maximum atomic E-state index is 11.4. The molecule has 0 aliphatic carbocycles. The van der Waals surface area contributed by atoms with Crippen LogP contribution in [0.1, 0.15) is 10.4 Å². The van der Waals surface area contributed by atoms with Crippen LogP contribution in [0, 0.1) is 11.3 Å². The number of nitriles is 1. The number of nitrogens with one attached hydrogen (secondary N) is 1. The van der Waals surface area contributed by atoms with E-state index in [0.717, 1.165) is 0 Å². The zero-order valence-corrected chi connectivity index (χ0v) is 9.26. The predicted octanol–water partition coefficient (Wildman–Crippen LogP) is 1.75. The van der Waals surface area contributed by atoms with Crippen LogP contribution in [-0.2, 0) is 0 Å². The Kier molecular flexibility index (Phi) is 3.86. The van der Waals surface area contributed by atoms with Crippen molar-refractivity contribution in [2.75, 3.05) is 6.54 Å². The molecule has 1 aromatic heterocycles. The van der Waals surface area contributed by atoms with E-state index >= 15 is 0 Å². The quantitative estimate of drug-likeness (QED) is 0.660. The highest BCUT2D eigenvalue weighted by atomic mass is 79.9. The summed E-state index contributed by atoms with van der Waals surface area (Å²) in [6, 6.07) is 3.34. The SMILES string of the molecule is N#CCNC(=O)c1cc(Br)cnc1Cl. The number of hydrogen-bond acceptors (Lipinski definition) is 3. The number of carbonyl (C=O) groups is 1. The van der Waals surface area contributed by atoms with Gasteiger partial charge in [-0.2, -0.15) is 5.26 Å². The molecule has 0 bridgehead atoms. The molecule has 0 radical (unpaired) electrons. The van der Waals surface area contributed by atoms with E-state index in [0.29, 0.717) is 4.47 Å². The predicted molar refractivity (Wildman–Crippen MR) is 54.9 cm³/mol. The van der Waals surface area contributed by atoms with Crippen molar-refractivity contribution in [2.24, 2.45) is 0 Å². The van der Waals surface area contributed by atoms with Gasteiger partial charge < -0.3 is 5.32 Å². The van der Waals surface area contributed by atoms with Gasteiger partial charge in [0, 0.05) is 10.7 Å². The first-order chi connectivity index (χ1) is 6.65. The molecule has 0 saturated carbocycles. The molecule has 1 aromatic rings. The Balaban J connectivity index is 2.90. The molecular weight excluding hydrogens is 269 g/mol. The fourth-order valence-electron chi connectivity index (χ4n) is 0.797. The summed E-state index contributed by atoms with van der Waals surface area (Å²) in [7, 11) is 0. The number of pyridine rings is 1. The summed E-state index contributed by atoms with van der Waals surface area (Å²) in [6.07, 6.45) is 1.49. The van der Waals surface area contributed by atoms with E-state index in [4.69, 9.17) is 16.9 Å². The minimum atomic E-state index is -0.412. The van der Waals surface area contributed by atoms with Gasteiger partial charge in [-0.15, -0.1) is 0 Å². The molecule has 4 nitrogen and oxygen atoms in total. The Hall–Kier alpha value is -1.12. The van der Waals surface area contributed by atoms with Crippen LogP contribution in [-0.4, -0.2) is 17.4 Å². The fourth-order valence-corrected chi connectivity index (χ4v) is 1.32. The molecular formula is C8H5BrClN3O. The summed E-state index contributed by atoms with van der Waals surface area (Å²) in [4.78, 5) is 15.2. The molecule has 1 N–H and O–H groups in total. The molecule has 0 atom stereocenters. The topological polar surface area (TPSA) is 65.8 Å². The lowest BCUT2D eigenvalue weighted by atomic mass is 10.3. The zero-order chi connectivity index (χ0) is 10.6. The molecule has 0 aliphatic rings. The summed E-state index contributed by atoms with van der Waals surface area (Å²) in [5.41, 5.74) is 0.247. The van der Waals surface area contributed by atoms with Crippen molar-refractivity contribution >= 4 is 33.4 Å². The number of nitrogens with zero attached hydrogens (tertiary/aromatic N) is 2. The number of amides is 1. The minimum Gasteiger partial charge on any atom is -0.339 e. The largest absolute Gasteiger partial charge is 0.339 e. The van der Waals surface area contributed by atoms with Gasteiger partial charge in [0.1, 0.15) is 11.7 Å². The van der Waals surface area contributed by atoms with Crippen molar-refractivity contribution < 1.29 is 4.79 Å². The van der Waals surface area contributed by atoms with Gasteiger partial charge in [-0.1, -0.05) is 11.6 Å². The Morgan fingerprint density at radius 3 is 3.14 bits per heavy atom. The van der Waals surface area contributed by atoms with Crippen molar-refractivity contribution in [3.8, 4) is 6.07 Å². The van der Waals surface area contributed by atoms with Crippen LogP contribution < -0.4 is 5.32 Å². The highest BCUT2D eigenvalue weighted by Gasteiger charge is 2.10. The fraction of sp³-hybridized carbons (Fsp3) is 0.125. The van der Waals surface area contributed by atoms with Crippen LogP contribution in [0.15, 0.2) is 16.7 Å². The molecule has 0 aliphatic heterocycles. The molecule has 0 fully saturated rings. The number of hydrogen-bond donors (Lipinski definition) is 1. The highest BCUT2D eigenvalue weighted by molar-refractivity contribution is 9.10. The third kappa shape index (κ3) is 2.69. The molecule has 0 unspecified atom stereocenters. The van der Waals surface area contributed by atoms with Crippen LogP contribution in [0.3, 0.4) is 0 Å². The molecule has 0 aromatic carbocycles. The molecule has 14 heavy (non-hydrogen) atoms. The van der Waals surface area contributed by atoms with E-state index < -0.39 is 5.91 Å². The highest BCUT2D eigenvalue weighted by Crippen LogP contribution is 2.17. The van der Waals surface area contributed by atoms with Crippen LogP contribution in [0.4, 0.5) is 0 Å². The van der Waals surface area contributed by atoms with E-state index in [9.17, 15) is 4.79 Å². The number of carbonyl (C=O) groups excluding carboxylic acids is 1. The lowest BCUT2D eigenvalue weighted by molar-refractivity contribution is 0.0958. The van der Waals surface area contributed by atoms with Crippen LogP contribution in [0.25, 0.3) is 0 Å². The normalized spacial score (nSPS) is 9.21. The number of aromatic nitrogens is 1. The van der Waals surface area contributed by atoms with Gasteiger partial charge in [0.05, 0.1) is 11.6 Å². The van der Waals surface area contributed by atoms with E-state index in [2.05, 4.69) is 26.2 Å². The van der Waals surface area contributed by atoms with Crippen molar-refractivity contribution in [1.82, 2.24) is 10.3 Å². The van der Waals surface area contributed by atoms with E-state index in [1.54, 1.807) is 12.1 Å². The third-order valence-corrected chi connectivity index (χ3v) is 2.11. The van der Waals surface area contributed by atoms with Crippen LogP contribution >= 0.6 is 27.5 Å². The molecule has 1 rings (SSSR count). The lowest BCUT2D eigenvalue weighted by Crippen LogP contribution is -2.24. The second-order valence-corrected chi connectivity index (χ2v) is 3.61. The Bertz CT molecular complexity index is 402. The first-order valence-electron chi connectivity index (χ1n) is 3.61. The average molecular weight is 275 g/mol. The minimum absolute atomic E-state index is 0.0539.